The van der Waals surface area contributed by atoms with Crippen molar-refractivity contribution in [2.45, 2.75) is 57.8 Å². The van der Waals surface area contributed by atoms with Gasteiger partial charge in [-0.2, -0.15) is 0 Å². The van der Waals surface area contributed by atoms with E-state index in [2.05, 4.69) is 49.5 Å². The second kappa shape index (κ2) is 9.45. The summed E-state index contributed by atoms with van der Waals surface area (Å²) in [6.45, 7) is 12.0. The van der Waals surface area contributed by atoms with E-state index in [0.717, 1.165) is 23.0 Å². The molecule has 0 fully saturated rings. The lowest BCUT2D eigenvalue weighted by molar-refractivity contribution is 0.194. The summed E-state index contributed by atoms with van der Waals surface area (Å²) >= 11 is 0. The van der Waals surface area contributed by atoms with Crippen LogP contribution in [-0.4, -0.2) is 43.7 Å². The molecule has 0 aliphatic rings. The Morgan fingerprint density at radius 1 is 1.31 bits per heavy atom. The summed E-state index contributed by atoms with van der Waals surface area (Å²) in [7, 11) is -1.91. The van der Waals surface area contributed by atoms with Gasteiger partial charge in [-0.05, 0) is 37.0 Å². The van der Waals surface area contributed by atoms with Crippen LogP contribution in [0.5, 0.6) is 0 Å². The van der Waals surface area contributed by atoms with Crippen LogP contribution >= 0.6 is 0 Å². The van der Waals surface area contributed by atoms with Gasteiger partial charge in [-0.3, -0.25) is 4.98 Å². The molecule has 2 rings (SSSR count). The minimum absolute atomic E-state index is 0.00725. The van der Waals surface area contributed by atoms with Gasteiger partial charge >= 0.3 is 6.09 Å². The van der Waals surface area contributed by atoms with Gasteiger partial charge in [-0.25, -0.2) is 4.79 Å². The lowest BCUT2D eigenvalue weighted by Gasteiger charge is -2.37. The number of fused-ring (bicyclic) bond motifs is 1. The van der Waals surface area contributed by atoms with Gasteiger partial charge in [0.15, 0.2) is 8.32 Å². The average molecular weight is 419 g/mol. The molecule has 0 spiro atoms. The van der Waals surface area contributed by atoms with E-state index in [9.17, 15) is 4.79 Å². The largest absolute Gasteiger partial charge is 0.465 e. The molecular formula is C21H34N4O3Si. The molecule has 0 aliphatic carbocycles. The van der Waals surface area contributed by atoms with Gasteiger partial charge in [0.05, 0.1) is 29.7 Å². The lowest BCUT2D eigenvalue weighted by Crippen LogP contribution is -2.43. The molecule has 0 saturated heterocycles. The minimum Gasteiger partial charge on any atom is -0.465 e. The van der Waals surface area contributed by atoms with Gasteiger partial charge in [0.25, 0.3) is 0 Å². The SMILES string of the molecule is CC(C)(C)[Si](C)(C)OCC(CCCNC(=O)O)Nc1c(N)cnc2ccccc12. The molecule has 8 heteroatoms. The smallest absolute Gasteiger partial charge is 0.404 e. The molecule has 0 saturated carbocycles. The number of aromatic nitrogens is 1. The van der Waals surface area contributed by atoms with Crippen LogP contribution in [-0.2, 0) is 4.43 Å². The Morgan fingerprint density at radius 2 is 2.00 bits per heavy atom. The molecule has 0 bridgehead atoms. The summed E-state index contributed by atoms with van der Waals surface area (Å²) < 4.78 is 6.44. The van der Waals surface area contributed by atoms with Crippen LogP contribution in [0.2, 0.25) is 18.1 Å². The lowest BCUT2D eigenvalue weighted by atomic mass is 10.1. The van der Waals surface area contributed by atoms with E-state index in [1.807, 2.05) is 24.3 Å². The van der Waals surface area contributed by atoms with Crippen LogP contribution in [0.25, 0.3) is 10.9 Å². The second-order valence-corrected chi connectivity index (χ2v) is 13.7. The first-order valence-corrected chi connectivity index (χ1v) is 12.9. The fraction of sp³-hybridized carbons (Fsp3) is 0.524. The van der Waals surface area contributed by atoms with Crippen LogP contribution in [0.1, 0.15) is 33.6 Å². The number of pyridine rings is 1. The molecule has 1 aromatic heterocycles. The summed E-state index contributed by atoms with van der Waals surface area (Å²) in [5, 5.41) is 15.9. The molecule has 5 N–H and O–H groups in total. The maximum absolute atomic E-state index is 10.7. The van der Waals surface area contributed by atoms with Gasteiger partial charge in [0, 0.05) is 18.0 Å². The summed E-state index contributed by atoms with van der Waals surface area (Å²) in [5.74, 6) is 0. The molecular weight excluding hydrogens is 384 g/mol. The van der Waals surface area contributed by atoms with E-state index in [1.165, 1.54) is 0 Å². The first-order chi connectivity index (χ1) is 13.5. The Balaban J connectivity index is 2.19. The molecule has 1 unspecified atom stereocenters. The van der Waals surface area contributed by atoms with Crippen molar-refractivity contribution in [3.05, 3.63) is 30.5 Å². The molecule has 1 heterocycles. The van der Waals surface area contributed by atoms with Crippen molar-refractivity contribution < 1.29 is 14.3 Å². The quantitative estimate of drug-likeness (QED) is 0.348. The predicted molar refractivity (Wildman–Crippen MR) is 122 cm³/mol. The van der Waals surface area contributed by atoms with Crippen molar-refractivity contribution in [2.75, 3.05) is 24.2 Å². The number of rotatable bonds is 9. The number of hydrogen-bond donors (Lipinski definition) is 4. The number of carbonyl (C=O) groups is 1. The van der Waals surface area contributed by atoms with Crippen molar-refractivity contribution in [1.29, 1.82) is 0 Å². The van der Waals surface area contributed by atoms with Gasteiger partial charge in [-0.1, -0.05) is 39.0 Å². The number of amides is 1. The highest BCUT2D eigenvalue weighted by Crippen LogP contribution is 2.37. The van der Waals surface area contributed by atoms with E-state index in [4.69, 9.17) is 15.3 Å². The van der Waals surface area contributed by atoms with E-state index in [0.29, 0.717) is 25.3 Å². The first kappa shape index (κ1) is 23.0. The molecule has 1 aromatic carbocycles. The Bertz CT molecular complexity index is 836. The zero-order valence-electron chi connectivity index (χ0n) is 18.1. The highest BCUT2D eigenvalue weighted by molar-refractivity contribution is 6.74. The number of hydrogen-bond acceptors (Lipinski definition) is 5. The van der Waals surface area contributed by atoms with E-state index < -0.39 is 14.4 Å². The van der Waals surface area contributed by atoms with Crippen LogP contribution in [0, 0.1) is 0 Å². The van der Waals surface area contributed by atoms with E-state index in [-0.39, 0.29) is 11.1 Å². The Morgan fingerprint density at radius 3 is 2.66 bits per heavy atom. The number of carboxylic acid groups (broad SMARTS) is 1. The van der Waals surface area contributed by atoms with Gasteiger partial charge in [0.1, 0.15) is 0 Å². The Labute approximate surface area is 174 Å². The molecule has 160 valence electrons. The second-order valence-electron chi connectivity index (χ2n) is 8.89. The number of anilines is 2. The zero-order valence-corrected chi connectivity index (χ0v) is 19.1. The molecule has 0 radical (unpaired) electrons. The van der Waals surface area contributed by atoms with Crippen LogP contribution in [0.4, 0.5) is 16.2 Å². The monoisotopic (exact) mass is 418 g/mol. The molecule has 1 atom stereocenters. The molecule has 29 heavy (non-hydrogen) atoms. The van der Waals surface area contributed by atoms with Crippen molar-refractivity contribution in [3.8, 4) is 0 Å². The van der Waals surface area contributed by atoms with Gasteiger partial charge in [-0.15, -0.1) is 0 Å². The number of nitrogens with zero attached hydrogens (tertiary/aromatic N) is 1. The molecule has 2 aromatic rings. The third-order valence-electron chi connectivity index (χ3n) is 5.61. The average Bonchev–Trinajstić information content (AvgIpc) is 2.63. The van der Waals surface area contributed by atoms with Gasteiger partial charge < -0.3 is 25.9 Å². The highest BCUT2D eigenvalue weighted by Gasteiger charge is 2.37. The topological polar surface area (TPSA) is 110 Å². The Kier molecular flexibility index (Phi) is 7.48. The summed E-state index contributed by atoms with van der Waals surface area (Å²) in [4.78, 5) is 15.1. The standard InChI is InChI=1S/C21H34N4O3Si/c1-21(2,3)29(4,5)28-14-15(9-8-12-23-20(26)27)25-19-16-10-6-7-11-18(16)24-13-17(19)22/h6-7,10-11,13,15,23H,8-9,12,14,22H2,1-5H3,(H,24,25)(H,26,27). The van der Waals surface area contributed by atoms with Crippen molar-refractivity contribution in [1.82, 2.24) is 10.3 Å². The van der Waals surface area contributed by atoms with Crippen molar-refractivity contribution >= 4 is 36.7 Å². The molecule has 0 aliphatic heterocycles. The van der Waals surface area contributed by atoms with E-state index in [1.54, 1.807) is 6.20 Å². The fourth-order valence-corrected chi connectivity index (χ4v) is 3.84. The number of nitrogens with one attached hydrogen (secondary N) is 2. The van der Waals surface area contributed by atoms with Crippen molar-refractivity contribution in [2.24, 2.45) is 0 Å². The van der Waals surface area contributed by atoms with Crippen molar-refractivity contribution in [3.63, 3.8) is 0 Å². The molecule has 1 amide bonds. The maximum atomic E-state index is 10.7. The summed E-state index contributed by atoms with van der Waals surface area (Å²) in [6, 6.07) is 7.88. The summed E-state index contributed by atoms with van der Waals surface area (Å²) in [6.07, 6.45) is 2.12. The van der Waals surface area contributed by atoms with Crippen LogP contribution in [0.3, 0.4) is 0 Å². The minimum atomic E-state index is -1.91. The fourth-order valence-electron chi connectivity index (χ4n) is 2.79. The van der Waals surface area contributed by atoms with Crippen LogP contribution in [0.15, 0.2) is 30.5 Å². The first-order valence-electron chi connectivity index (χ1n) is 10.0. The predicted octanol–water partition coefficient (Wildman–Crippen LogP) is 4.67. The number of benzene rings is 1. The third-order valence-corrected chi connectivity index (χ3v) is 10.1. The normalized spacial score (nSPS) is 13.3. The Hall–Kier alpha value is -2.32. The number of para-hydroxylation sites is 1. The molecule has 7 nitrogen and oxygen atoms in total. The van der Waals surface area contributed by atoms with E-state index >= 15 is 0 Å². The maximum Gasteiger partial charge on any atom is 0.404 e. The highest BCUT2D eigenvalue weighted by atomic mass is 28.4. The zero-order chi connectivity index (χ0) is 21.7. The summed E-state index contributed by atoms with van der Waals surface area (Å²) in [5.41, 5.74) is 8.55. The van der Waals surface area contributed by atoms with Gasteiger partial charge in [0.2, 0.25) is 0 Å². The number of nitrogens with two attached hydrogens (primary N) is 1. The van der Waals surface area contributed by atoms with Crippen LogP contribution < -0.4 is 16.4 Å². The number of nitrogen functional groups attached to an aromatic ring is 1. The third kappa shape index (κ3) is 6.33.